The average Bonchev–Trinajstić information content (AvgIpc) is 2.82. The molecule has 1 fully saturated rings. The van der Waals surface area contributed by atoms with Crippen LogP contribution in [0.15, 0.2) is 15.9 Å². The van der Waals surface area contributed by atoms with E-state index in [1.165, 1.54) is 48.0 Å². The quantitative estimate of drug-likeness (QED) is 0.680. The maximum Gasteiger partial charge on any atom is 0.0314 e. The molecule has 1 heterocycles. The third kappa shape index (κ3) is 5.37. The van der Waals surface area contributed by atoms with Crippen molar-refractivity contribution in [3.8, 4) is 0 Å². The van der Waals surface area contributed by atoms with E-state index in [4.69, 9.17) is 0 Å². The molecule has 1 nitrogen and oxygen atoms in total. The Hall–Kier alpha value is 0.140. The highest BCUT2D eigenvalue weighted by Gasteiger charge is 2.31. The number of halogens is 1. The SMILES string of the molecule is CCC1CCC(CNC(C)(C)C)C(Cc2sccc2Br)C1. The minimum absolute atomic E-state index is 0.232. The predicted molar refractivity (Wildman–Crippen MR) is 98.1 cm³/mol. The molecule has 1 aromatic heterocycles. The Morgan fingerprint density at radius 1 is 1.29 bits per heavy atom. The van der Waals surface area contributed by atoms with Crippen molar-refractivity contribution in [3.05, 3.63) is 20.8 Å². The highest BCUT2D eigenvalue weighted by Crippen LogP contribution is 2.39. The molecular weight excluding hydrogens is 342 g/mol. The van der Waals surface area contributed by atoms with Gasteiger partial charge in [0.1, 0.15) is 0 Å². The Balaban J connectivity index is 2.01. The zero-order valence-corrected chi connectivity index (χ0v) is 16.3. The molecule has 1 aliphatic rings. The fourth-order valence-electron chi connectivity index (χ4n) is 3.46. The van der Waals surface area contributed by atoms with Crippen LogP contribution in [-0.2, 0) is 6.42 Å². The molecule has 1 aromatic rings. The van der Waals surface area contributed by atoms with Gasteiger partial charge in [-0.15, -0.1) is 11.3 Å². The summed E-state index contributed by atoms with van der Waals surface area (Å²) in [6.07, 6.45) is 6.84. The van der Waals surface area contributed by atoms with Gasteiger partial charge in [0, 0.05) is 14.9 Å². The van der Waals surface area contributed by atoms with Crippen LogP contribution in [-0.4, -0.2) is 12.1 Å². The van der Waals surface area contributed by atoms with Gasteiger partial charge in [0.15, 0.2) is 0 Å². The first-order valence-electron chi connectivity index (χ1n) is 8.36. The molecule has 3 atom stereocenters. The summed E-state index contributed by atoms with van der Waals surface area (Å²) in [6.45, 7) is 10.4. The van der Waals surface area contributed by atoms with E-state index in [1.807, 2.05) is 11.3 Å². The van der Waals surface area contributed by atoms with Crippen LogP contribution in [0.2, 0.25) is 0 Å². The number of hydrogen-bond donors (Lipinski definition) is 1. The molecule has 2 rings (SSSR count). The van der Waals surface area contributed by atoms with Gasteiger partial charge in [-0.3, -0.25) is 0 Å². The molecule has 0 saturated heterocycles. The van der Waals surface area contributed by atoms with Gasteiger partial charge in [0.25, 0.3) is 0 Å². The Labute approximate surface area is 143 Å². The summed E-state index contributed by atoms with van der Waals surface area (Å²) in [5.74, 6) is 2.62. The highest BCUT2D eigenvalue weighted by atomic mass is 79.9. The summed E-state index contributed by atoms with van der Waals surface area (Å²) >= 11 is 5.62. The largest absolute Gasteiger partial charge is 0.312 e. The van der Waals surface area contributed by atoms with Crippen LogP contribution in [0.5, 0.6) is 0 Å². The van der Waals surface area contributed by atoms with E-state index in [2.05, 4.69) is 60.4 Å². The van der Waals surface area contributed by atoms with Gasteiger partial charge in [-0.1, -0.05) is 19.8 Å². The fourth-order valence-corrected chi connectivity index (χ4v) is 5.07. The van der Waals surface area contributed by atoms with Crippen LogP contribution in [0.3, 0.4) is 0 Å². The lowest BCUT2D eigenvalue weighted by Crippen LogP contribution is -2.42. The van der Waals surface area contributed by atoms with Gasteiger partial charge >= 0.3 is 0 Å². The maximum atomic E-state index is 3.74. The first-order valence-corrected chi connectivity index (χ1v) is 10.0. The van der Waals surface area contributed by atoms with Crippen LogP contribution < -0.4 is 5.32 Å². The summed E-state index contributed by atoms with van der Waals surface area (Å²) in [5.41, 5.74) is 0.232. The van der Waals surface area contributed by atoms with E-state index in [0.717, 1.165) is 17.8 Å². The molecule has 0 aromatic carbocycles. The monoisotopic (exact) mass is 371 g/mol. The molecule has 0 amide bonds. The molecular formula is C18H30BrNS. The van der Waals surface area contributed by atoms with E-state index in [0.29, 0.717) is 0 Å². The molecule has 1 saturated carbocycles. The van der Waals surface area contributed by atoms with Crippen molar-refractivity contribution in [2.75, 3.05) is 6.54 Å². The molecule has 3 unspecified atom stereocenters. The summed E-state index contributed by atoms with van der Waals surface area (Å²) in [7, 11) is 0. The van der Waals surface area contributed by atoms with Gasteiger partial charge in [-0.05, 0) is 91.7 Å². The van der Waals surface area contributed by atoms with Crippen LogP contribution >= 0.6 is 27.3 Å². The van der Waals surface area contributed by atoms with Crippen LogP contribution in [0.1, 0.15) is 58.3 Å². The van der Waals surface area contributed by atoms with Gasteiger partial charge in [-0.25, -0.2) is 0 Å². The molecule has 0 bridgehead atoms. The van der Waals surface area contributed by atoms with Crippen molar-refractivity contribution in [3.63, 3.8) is 0 Å². The minimum Gasteiger partial charge on any atom is -0.312 e. The summed E-state index contributed by atoms with van der Waals surface area (Å²) in [4.78, 5) is 1.54. The summed E-state index contributed by atoms with van der Waals surface area (Å²) < 4.78 is 1.31. The number of hydrogen-bond acceptors (Lipinski definition) is 2. The molecule has 0 aliphatic heterocycles. The average molecular weight is 372 g/mol. The zero-order valence-electron chi connectivity index (χ0n) is 13.9. The first kappa shape index (κ1) is 17.5. The second-order valence-electron chi connectivity index (χ2n) is 7.63. The number of nitrogens with one attached hydrogen (secondary N) is 1. The van der Waals surface area contributed by atoms with Crippen molar-refractivity contribution in [2.45, 2.75) is 65.3 Å². The molecule has 1 aliphatic carbocycles. The topological polar surface area (TPSA) is 12.0 Å². The maximum absolute atomic E-state index is 3.74. The van der Waals surface area contributed by atoms with E-state index >= 15 is 0 Å². The standard InChI is InChI=1S/C18H30BrNS/c1-5-13-6-7-14(12-20-18(2,3)4)15(10-13)11-17-16(19)8-9-21-17/h8-9,13-15,20H,5-7,10-12H2,1-4H3. The molecule has 120 valence electrons. The van der Waals surface area contributed by atoms with Gasteiger partial charge < -0.3 is 5.32 Å². The number of thiophene rings is 1. The number of rotatable bonds is 5. The Morgan fingerprint density at radius 2 is 2.05 bits per heavy atom. The van der Waals surface area contributed by atoms with Crippen LogP contribution in [0, 0.1) is 17.8 Å². The second kappa shape index (κ2) is 7.61. The van der Waals surface area contributed by atoms with E-state index < -0.39 is 0 Å². The van der Waals surface area contributed by atoms with Crippen molar-refractivity contribution in [1.82, 2.24) is 5.32 Å². The zero-order chi connectivity index (χ0) is 15.5. The third-order valence-electron chi connectivity index (χ3n) is 4.86. The lowest BCUT2D eigenvalue weighted by molar-refractivity contribution is 0.163. The molecule has 1 N–H and O–H groups in total. The van der Waals surface area contributed by atoms with Crippen molar-refractivity contribution in [2.24, 2.45) is 17.8 Å². The second-order valence-corrected chi connectivity index (χ2v) is 9.49. The molecule has 0 spiro atoms. The minimum atomic E-state index is 0.232. The Kier molecular flexibility index (Phi) is 6.34. The van der Waals surface area contributed by atoms with Crippen molar-refractivity contribution >= 4 is 27.3 Å². The van der Waals surface area contributed by atoms with Crippen LogP contribution in [0.25, 0.3) is 0 Å². The Bertz CT molecular complexity index is 435. The van der Waals surface area contributed by atoms with E-state index in [-0.39, 0.29) is 5.54 Å². The third-order valence-corrected chi connectivity index (χ3v) is 6.81. The molecule has 3 heteroatoms. The van der Waals surface area contributed by atoms with Gasteiger partial charge in [-0.2, -0.15) is 0 Å². The fraction of sp³-hybridized carbons (Fsp3) is 0.778. The van der Waals surface area contributed by atoms with E-state index in [9.17, 15) is 0 Å². The van der Waals surface area contributed by atoms with Crippen molar-refractivity contribution < 1.29 is 0 Å². The first-order chi connectivity index (χ1) is 9.89. The van der Waals surface area contributed by atoms with Gasteiger partial charge in [0.2, 0.25) is 0 Å². The normalized spacial score (nSPS) is 27.0. The summed E-state index contributed by atoms with van der Waals surface area (Å²) in [5, 5.41) is 5.95. The lowest BCUT2D eigenvalue weighted by atomic mass is 9.71. The van der Waals surface area contributed by atoms with Gasteiger partial charge in [0.05, 0.1) is 0 Å². The smallest absolute Gasteiger partial charge is 0.0314 e. The predicted octanol–water partition coefficient (Wildman–Crippen LogP) is 5.88. The Morgan fingerprint density at radius 3 is 2.62 bits per heavy atom. The highest BCUT2D eigenvalue weighted by molar-refractivity contribution is 9.10. The summed E-state index contributed by atoms with van der Waals surface area (Å²) in [6, 6.07) is 2.20. The van der Waals surface area contributed by atoms with Crippen molar-refractivity contribution in [1.29, 1.82) is 0 Å². The van der Waals surface area contributed by atoms with Crippen LogP contribution in [0.4, 0.5) is 0 Å². The lowest BCUT2D eigenvalue weighted by Gasteiger charge is -2.37. The molecule has 21 heavy (non-hydrogen) atoms. The molecule has 0 radical (unpaired) electrons. The van der Waals surface area contributed by atoms with E-state index in [1.54, 1.807) is 0 Å².